The molecule has 0 saturated heterocycles. The highest BCUT2D eigenvalue weighted by Gasteiger charge is 2.02. The van der Waals surface area contributed by atoms with Crippen molar-refractivity contribution in [2.75, 3.05) is 0 Å². The fourth-order valence-electron chi connectivity index (χ4n) is 1.64. The molecule has 0 atom stereocenters. The van der Waals surface area contributed by atoms with Crippen LogP contribution >= 0.6 is 0 Å². The van der Waals surface area contributed by atoms with Gasteiger partial charge in [-0.2, -0.15) is 10.2 Å². The maximum absolute atomic E-state index is 10.7. The lowest BCUT2D eigenvalue weighted by molar-refractivity contribution is 0.0697. The molecule has 2 rings (SSSR count). The first kappa shape index (κ1) is 13.9. The summed E-state index contributed by atoms with van der Waals surface area (Å²) >= 11 is 0. The van der Waals surface area contributed by atoms with Crippen LogP contribution in [-0.4, -0.2) is 16.2 Å². The highest BCUT2D eigenvalue weighted by molar-refractivity contribution is 5.87. The summed E-state index contributed by atoms with van der Waals surface area (Å²) in [5.74, 6) is -0.972. The van der Waals surface area contributed by atoms with E-state index < -0.39 is 5.97 Å². The Balaban J connectivity index is 2.22. The molecule has 20 heavy (non-hydrogen) atoms. The monoisotopic (exact) mass is 270 g/mol. The summed E-state index contributed by atoms with van der Waals surface area (Å²) in [6.07, 6.45) is 0. The van der Waals surface area contributed by atoms with Gasteiger partial charge >= 0.3 is 5.97 Å². The highest BCUT2D eigenvalue weighted by atomic mass is 16.4. The molecular weight excluding hydrogens is 256 g/mol. The summed E-state index contributed by atoms with van der Waals surface area (Å²) in [6, 6.07) is 11.6. The minimum Gasteiger partial charge on any atom is -0.478 e. The predicted molar refractivity (Wildman–Crippen MR) is 74.7 cm³/mol. The van der Waals surface area contributed by atoms with E-state index in [4.69, 9.17) is 10.2 Å². The minimum atomic E-state index is -0.972. The lowest BCUT2D eigenvalue weighted by atomic mass is 10.1. The number of aliphatic hydroxyl groups is 1. The number of nitrogens with zero attached hydrogens (tertiary/aromatic N) is 2. The van der Waals surface area contributed by atoms with Gasteiger partial charge in [-0.1, -0.05) is 12.1 Å². The van der Waals surface area contributed by atoms with Crippen molar-refractivity contribution in [3.8, 4) is 0 Å². The first-order chi connectivity index (χ1) is 9.60. The largest absolute Gasteiger partial charge is 0.478 e. The van der Waals surface area contributed by atoms with E-state index in [9.17, 15) is 4.79 Å². The second-order valence-corrected chi connectivity index (χ2v) is 4.33. The van der Waals surface area contributed by atoms with Crippen LogP contribution in [0, 0.1) is 6.92 Å². The molecule has 5 heteroatoms. The smallest absolute Gasteiger partial charge is 0.335 e. The van der Waals surface area contributed by atoms with Crippen LogP contribution in [0.4, 0.5) is 11.4 Å². The Morgan fingerprint density at radius 1 is 1.10 bits per heavy atom. The van der Waals surface area contributed by atoms with Crippen molar-refractivity contribution in [3.05, 3.63) is 59.2 Å². The summed E-state index contributed by atoms with van der Waals surface area (Å²) in [4.78, 5) is 10.7. The fraction of sp³-hybridized carbons (Fsp3) is 0.133. The predicted octanol–water partition coefficient (Wildman–Crippen LogP) is 3.60. The van der Waals surface area contributed by atoms with Crippen LogP contribution in [0.1, 0.15) is 21.5 Å². The first-order valence-corrected chi connectivity index (χ1v) is 6.05. The minimum absolute atomic E-state index is 0.0455. The molecule has 0 spiro atoms. The highest BCUT2D eigenvalue weighted by Crippen LogP contribution is 2.23. The molecule has 0 heterocycles. The number of azo groups is 1. The molecule has 2 N–H and O–H groups in total. The molecule has 2 aromatic carbocycles. The Hall–Kier alpha value is -2.53. The number of aliphatic hydroxyl groups excluding tert-OH is 1. The van der Waals surface area contributed by atoms with Crippen LogP contribution < -0.4 is 0 Å². The van der Waals surface area contributed by atoms with Gasteiger partial charge in [0.2, 0.25) is 0 Å². The molecule has 0 unspecified atom stereocenters. The van der Waals surface area contributed by atoms with Gasteiger partial charge in [-0.3, -0.25) is 0 Å². The Morgan fingerprint density at radius 3 is 2.40 bits per heavy atom. The fourth-order valence-corrected chi connectivity index (χ4v) is 1.64. The lowest BCUT2D eigenvalue weighted by Gasteiger charge is -2.01. The van der Waals surface area contributed by atoms with Gasteiger partial charge in [-0.05, 0) is 48.4 Å². The van der Waals surface area contributed by atoms with Crippen LogP contribution in [0.15, 0.2) is 52.7 Å². The molecule has 102 valence electrons. The number of hydrogen-bond donors (Lipinski definition) is 2. The molecule has 5 nitrogen and oxygen atoms in total. The number of carbonyl (C=O) groups is 1. The third-order valence-corrected chi connectivity index (χ3v) is 2.84. The number of aromatic carboxylic acids is 1. The molecule has 2 aromatic rings. The molecule has 0 aliphatic rings. The molecule has 0 aliphatic carbocycles. The Kier molecular flexibility index (Phi) is 4.22. The van der Waals surface area contributed by atoms with E-state index in [1.807, 2.05) is 19.1 Å². The zero-order valence-electron chi connectivity index (χ0n) is 10.9. The van der Waals surface area contributed by atoms with Crippen LogP contribution in [-0.2, 0) is 6.61 Å². The standard InChI is InChI=1S/C15H14N2O3/c1-10-2-3-11(9-18)8-14(10)17-16-13-6-4-12(5-7-13)15(19)20/h2-8,18H,9H2,1H3,(H,19,20). The first-order valence-electron chi connectivity index (χ1n) is 6.05. The third kappa shape index (κ3) is 3.27. The van der Waals surface area contributed by atoms with Gasteiger partial charge in [-0.25, -0.2) is 4.79 Å². The number of carboxylic acid groups (broad SMARTS) is 1. The van der Waals surface area contributed by atoms with Crippen LogP contribution in [0.3, 0.4) is 0 Å². The van der Waals surface area contributed by atoms with Gasteiger partial charge in [0.25, 0.3) is 0 Å². The zero-order valence-corrected chi connectivity index (χ0v) is 10.9. The maximum Gasteiger partial charge on any atom is 0.335 e. The van der Waals surface area contributed by atoms with Gasteiger partial charge in [-0.15, -0.1) is 0 Å². The molecule has 0 saturated carbocycles. The quantitative estimate of drug-likeness (QED) is 0.833. The Labute approximate surface area is 116 Å². The van der Waals surface area contributed by atoms with E-state index in [0.29, 0.717) is 11.4 Å². The van der Waals surface area contributed by atoms with Crippen LogP contribution in [0.25, 0.3) is 0 Å². The van der Waals surface area contributed by atoms with E-state index in [1.54, 1.807) is 18.2 Å². The summed E-state index contributed by atoms with van der Waals surface area (Å²) in [6.45, 7) is 1.86. The number of carboxylic acids is 1. The second-order valence-electron chi connectivity index (χ2n) is 4.33. The van der Waals surface area contributed by atoms with Crippen molar-refractivity contribution in [3.63, 3.8) is 0 Å². The molecule has 0 fully saturated rings. The van der Waals surface area contributed by atoms with E-state index in [1.165, 1.54) is 12.1 Å². The molecule has 0 amide bonds. The number of aryl methyl sites for hydroxylation is 1. The molecular formula is C15H14N2O3. The number of hydrogen-bond acceptors (Lipinski definition) is 4. The van der Waals surface area contributed by atoms with Gasteiger partial charge in [0, 0.05) is 0 Å². The third-order valence-electron chi connectivity index (χ3n) is 2.84. The van der Waals surface area contributed by atoms with Crippen molar-refractivity contribution in [1.82, 2.24) is 0 Å². The summed E-state index contributed by atoms with van der Waals surface area (Å²) in [5.41, 5.74) is 3.18. The summed E-state index contributed by atoms with van der Waals surface area (Å²) in [5, 5.41) is 26.1. The van der Waals surface area contributed by atoms with Gasteiger partial charge in [0.15, 0.2) is 0 Å². The van der Waals surface area contributed by atoms with Crippen LogP contribution in [0.5, 0.6) is 0 Å². The topological polar surface area (TPSA) is 82.2 Å². The average molecular weight is 270 g/mol. The summed E-state index contributed by atoms with van der Waals surface area (Å²) in [7, 11) is 0. The van der Waals surface area contributed by atoms with Crippen molar-refractivity contribution >= 4 is 17.3 Å². The van der Waals surface area contributed by atoms with Gasteiger partial charge in [0.05, 0.1) is 23.5 Å². The SMILES string of the molecule is Cc1ccc(CO)cc1N=Nc1ccc(C(=O)O)cc1. The number of benzene rings is 2. The van der Waals surface area contributed by atoms with Crippen molar-refractivity contribution < 1.29 is 15.0 Å². The van der Waals surface area contributed by atoms with E-state index in [0.717, 1.165) is 11.1 Å². The van der Waals surface area contributed by atoms with Crippen molar-refractivity contribution in [2.24, 2.45) is 10.2 Å². The summed E-state index contributed by atoms with van der Waals surface area (Å²) < 4.78 is 0. The van der Waals surface area contributed by atoms with Crippen LogP contribution in [0.2, 0.25) is 0 Å². The normalized spacial score (nSPS) is 10.9. The Morgan fingerprint density at radius 2 is 1.80 bits per heavy atom. The van der Waals surface area contributed by atoms with Crippen molar-refractivity contribution in [1.29, 1.82) is 0 Å². The second kappa shape index (κ2) is 6.08. The van der Waals surface area contributed by atoms with Crippen molar-refractivity contribution in [2.45, 2.75) is 13.5 Å². The van der Waals surface area contributed by atoms with E-state index >= 15 is 0 Å². The Bertz CT molecular complexity index is 649. The lowest BCUT2D eigenvalue weighted by Crippen LogP contribution is -1.93. The van der Waals surface area contributed by atoms with Gasteiger partial charge in [0.1, 0.15) is 0 Å². The molecule has 0 radical (unpaired) electrons. The molecule has 0 bridgehead atoms. The molecule has 0 aliphatic heterocycles. The zero-order chi connectivity index (χ0) is 14.5. The maximum atomic E-state index is 10.7. The van der Waals surface area contributed by atoms with Gasteiger partial charge < -0.3 is 10.2 Å². The van der Waals surface area contributed by atoms with E-state index in [2.05, 4.69) is 10.2 Å². The van der Waals surface area contributed by atoms with E-state index in [-0.39, 0.29) is 12.2 Å². The average Bonchev–Trinajstić information content (AvgIpc) is 2.47. The molecule has 0 aromatic heterocycles. The number of rotatable bonds is 4.